The number of hydrogen-bond donors (Lipinski definition) is 2. The van der Waals surface area contributed by atoms with Gasteiger partial charge in [0.25, 0.3) is 0 Å². The van der Waals surface area contributed by atoms with E-state index in [0.717, 1.165) is 17.6 Å². The molecule has 0 atom stereocenters. The highest BCUT2D eigenvalue weighted by Crippen LogP contribution is 2.39. The molecular formula is C14H20BrNOS. The molecule has 2 rings (SSSR count). The number of thioether (sulfide) groups is 1. The third-order valence-electron chi connectivity index (χ3n) is 3.74. The Balaban J connectivity index is 1.86. The standard InChI is InChI=1S/C14H20BrNOS/c1-18-14(6-2-3-7-14)10-16-9-11-4-5-13(17)12(15)8-11/h4-5,8,16-17H,2-3,6-7,9-10H2,1H3. The van der Waals surface area contributed by atoms with Gasteiger partial charge in [0.05, 0.1) is 4.47 Å². The average Bonchev–Trinajstić information content (AvgIpc) is 2.83. The molecular weight excluding hydrogens is 310 g/mol. The molecule has 0 aliphatic heterocycles. The Hall–Kier alpha value is -0.190. The van der Waals surface area contributed by atoms with Crippen LogP contribution in [0.15, 0.2) is 22.7 Å². The molecule has 0 saturated heterocycles. The quantitative estimate of drug-likeness (QED) is 0.858. The fraction of sp³-hybridized carbons (Fsp3) is 0.571. The van der Waals surface area contributed by atoms with E-state index in [1.54, 1.807) is 6.07 Å². The summed E-state index contributed by atoms with van der Waals surface area (Å²) in [6.07, 6.45) is 7.63. The van der Waals surface area contributed by atoms with Crippen LogP contribution in [-0.2, 0) is 6.54 Å². The Bertz CT molecular complexity index is 405. The highest BCUT2D eigenvalue weighted by Gasteiger charge is 2.32. The second kappa shape index (κ2) is 6.31. The molecule has 1 aliphatic carbocycles. The summed E-state index contributed by atoms with van der Waals surface area (Å²) in [7, 11) is 0. The Morgan fingerprint density at radius 1 is 1.39 bits per heavy atom. The van der Waals surface area contributed by atoms with Crippen molar-refractivity contribution in [2.24, 2.45) is 0 Å². The number of rotatable bonds is 5. The van der Waals surface area contributed by atoms with E-state index in [2.05, 4.69) is 27.5 Å². The summed E-state index contributed by atoms with van der Waals surface area (Å²) in [4.78, 5) is 0. The van der Waals surface area contributed by atoms with Crippen molar-refractivity contribution in [2.75, 3.05) is 12.8 Å². The molecule has 18 heavy (non-hydrogen) atoms. The summed E-state index contributed by atoms with van der Waals surface area (Å²) in [6.45, 7) is 1.94. The first kappa shape index (κ1) is 14.2. The molecule has 0 unspecified atom stereocenters. The van der Waals surface area contributed by atoms with Crippen LogP contribution in [0.3, 0.4) is 0 Å². The van der Waals surface area contributed by atoms with Crippen molar-refractivity contribution in [2.45, 2.75) is 37.0 Å². The summed E-state index contributed by atoms with van der Waals surface area (Å²) < 4.78 is 1.22. The number of hydrogen-bond acceptors (Lipinski definition) is 3. The molecule has 4 heteroatoms. The van der Waals surface area contributed by atoms with E-state index < -0.39 is 0 Å². The first-order valence-electron chi connectivity index (χ1n) is 6.38. The van der Waals surface area contributed by atoms with Crippen molar-refractivity contribution in [3.05, 3.63) is 28.2 Å². The van der Waals surface area contributed by atoms with Gasteiger partial charge in [-0.25, -0.2) is 0 Å². The zero-order chi connectivity index (χ0) is 13.0. The Labute approximate surface area is 122 Å². The lowest BCUT2D eigenvalue weighted by molar-refractivity contribution is 0.471. The minimum atomic E-state index is 0.301. The average molecular weight is 330 g/mol. The minimum Gasteiger partial charge on any atom is -0.507 e. The molecule has 0 radical (unpaired) electrons. The number of phenolic OH excluding ortho intramolecular Hbond substituents is 1. The van der Waals surface area contributed by atoms with E-state index in [-0.39, 0.29) is 0 Å². The largest absolute Gasteiger partial charge is 0.507 e. The van der Waals surface area contributed by atoms with Crippen molar-refractivity contribution in [1.29, 1.82) is 0 Å². The Morgan fingerprint density at radius 2 is 2.11 bits per heavy atom. The lowest BCUT2D eigenvalue weighted by Gasteiger charge is -2.27. The van der Waals surface area contributed by atoms with E-state index >= 15 is 0 Å². The predicted molar refractivity (Wildman–Crippen MR) is 82.2 cm³/mol. The van der Waals surface area contributed by atoms with Crippen LogP contribution in [0, 0.1) is 0 Å². The maximum atomic E-state index is 9.45. The first-order chi connectivity index (χ1) is 8.65. The van der Waals surface area contributed by atoms with Gasteiger partial charge in [-0.1, -0.05) is 18.9 Å². The van der Waals surface area contributed by atoms with E-state index in [4.69, 9.17) is 0 Å². The zero-order valence-electron chi connectivity index (χ0n) is 10.7. The van der Waals surface area contributed by atoms with Crippen molar-refractivity contribution in [3.63, 3.8) is 0 Å². The van der Waals surface area contributed by atoms with Crippen molar-refractivity contribution in [3.8, 4) is 5.75 Å². The maximum absolute atomic E-state index is 9.45. The van der Waals surface area contributed by atoms with Crippen LogP contribution in [0.4, 0.5) is 0 Å². The minimum absolute atomic E-state index is 0.301. The zero-order valence-corrected chi connectivity index (χ0v) is 13.1. The Morgan fingerprint density at radius 3 is 2.72 bits per heavy atom. The predicted octanol–water partition coefficient (Wildman–Crippen LogP) is 3.92. The van der Waals surface area contributed by atoms with E-state index in [1.807, 2.05) is 23.9 Å². The van der Waals surface area contributed by atoms with Crippen LogP contribution in [0.5, 0.6) is 5.75 Å². The third-order valence-corrected chi connectivity index (χ3v) is 5.79. The van der Waals surface area contributed by atoms with Crippen LogP contribution in [0.1, 0.15) is 31.2 Å². The molecule has 0 bridgehead atoms. The fourth-order valence-corrected chi connectivity index (χ4v) is 3.94. The van der Waals surface area contributed by atoms with Gasteiger partial charge in [-0.2, -0.15) is 11.8 Å². The maximum Gasteiger partial charge on any atom is 0.129 e. The van der Waals surface area contributed by atoms with Gasteiger partial charge in [0.1, 0.15) is 5.75 Å². The molecule has 1 aliphatic rings. The van der Waals surface area contributed by atoms with Crippen LogP contribution < -0.4 is 5.32 Å². The molecule has 2 N–H and O–H groups in total. The molecule has 0 spiro atoms. The van der Waals surface area contributed by atoms with Crippen LogP contribution in [0.2, 0.25) is 0 Å². The van der Waals surface area contributed by atoms with Gasteiger partial charge >= 0.3 is 0 Å². The summed E-state index contributed by atoms with van der Waals surface area (Å²) in [5.74, 6) is 0.301. The highest BCUT2D eigenvalue weighted by atomic mass is 79.9. The number of nitrogens with one attached hydrogen (secondary N) is 1. The summed E-state index contributed by atoms with van der Waals surface area (Å²) in [5.41, 5.74) is 1.20. The molecule has 1 aromatic rings. The van der Waals surface area contributed by atoms with Crippen LogP contribution in [-0.4, -0.2) is 22.7 Å². The lowest BCUT2D eigenvalue weighted by Crippen LogP contribution is -2.34. The molecule has 1 aromatic carbocycles. The molecule has 1 fully saturated rings. The molecule has 2 nitrogen and oxygen atoms in total. The van der Waals surface area contributed by atoms with Gasteiger partial charge in [0.2, 0.25) is 0 Å². The second-order valence-electron chi connectivity index (χ2n) is 4.98. The van der Waals surface area contributed by atoms with Gasteiger partial charge in [-0.15, -0.1) is 0 Å². The smallest absolute Gasteiger partial charge is 0.129 e. The van der Waals surface area contributed by atoms with Crippen LogP contribution in [0.25, 0.3) is 0 Å². The Kier molecular flexibility index (Phi) is 4.98. The molecule has 100 valence electrons. The third kappa shape index (κ3) is 3.43. The number of aromatic hydroxyl groups is 1. The van der Waals surface area contributed by atoms with Gasteiger partial charge < -0.3 is 10.4 Å². The normalized spacial score (nSPS) is 18.1. The fourth-order valence-electron chi connectivity index (χ4n) is 2.57. The van der Waals surface area contributed by atoms with E-state index in [0.29, 0.717) is 10.5 Å². The number of benzene rings is 1. The summed E-state index contributed by atoms with van der Waals surface area (Å²) in [5, 5.41) is 13.0. The second-order valence-corrected chi connectivity index (χ2v) is 7.11. The lowest BCUT2D eigenvalue weighted by atomic mass is 10.1. The van der Waals surface area contributed by atoms with Crippen molar-refractivity contribution in [1.82, 2.24) is 5.32 Å². The van der Waals surface area contributed by atoms with Gasteiger partial charge in [0.15, 0.2) is 0 Å². The van der Waals surface area contributed by atoms with Crippen molar-refractivity contribution < 1.29 is 5.11 Å². The molecule has 1 saturated carbocycles. The molecule has 0 aromatic heterocycles. The number of phenols is 1. The SMILES string of the molecule is CSC1(CNCc2ccc(O)c(Br)c2)CCCC1. The first-order valence-corrected chi connectivity index (χ1v) is 8.40. The topological polar surface area (TPSA) is 32.3 Å². The van der Waals surface area contributed by atoms with E-state index in [9.17, 15) is 5.11 Å². The van der Waals surface area contributed by atoms with Gasteiger partial charge in [-0.05, 0) is 52.7 Å². The summed E-state index contributed by atoms with van der Waals surface area (Å²) >= 11 is 5.36. The molecule has 0 amide bonds. The summed E-state index contributed by atoms with van der Waals surface area (Å²) in [6, 6.07) is 5.68. The molecule has 0 heterocycles. The highest BCUT2D eigenvalue weighted by molar-refractivity contribution is 9.10. The van der Waals surface area contributed by atoms with E-state index in [1.165, 1.54) is 31.2 Å². The van der Waals surface area contributed by atoms with Gasteiger partial charge in [0, 0.05) is 17.8 Å². The number of halogens is 1. The monoisotopic (exact) mass is 329 g/mol. The van der Waals surface area contributed by atoms with Gasteiger partial charge in [-0.3, -0.25) is 0 Å². The van der Waals surface area contributed by atoms with Crippen molar-refractivity contribution >= 4 is 27.7 Å². The van der Waals surface area contributed by atoms with Crippen LogP contribution >= 0.6 is 27.7 Å².